The Balaban J connectivity index is 1.92. The van der Waals surface area contributed by atoms with Crippen molar-refractivity contribution in [1.82, 2.24) is 29.9 Å². The van der Waals surface area contributed by atoms with Gasteiger partial charge in [-0.25, -0.2) is 24.9 Å². The molecule has 0 spiro atoms. The second kappa shape index (κ2) is 4.61. The first kappa shape index (κ1) is 11.5. The first-order chi connectivity index (χ1) is 9.24. The molecule has 0 saturated heterocycles. The molecule has 0 radical (unpaired) electrons. The van der Waals surface area contributed by atoms with Crippen LogP contribution >= 0.6 is 11.8 Å². The molecule has 0 aliphatic rings. The highest BCUT2D eigenvalue weighted by Crippen LogP contribution is 2.27. The third-order valence-corrected chi connectivity index (χ3v) is 3.22. The van der Waals surface area contributed by atoms with E-state index in [1.807, 2.05) is 0 Å². The molecule has 0 unspecified atom stereocenters. The Labute approximate surface area is 111 Å². The van der Waals surface area contributed by atoms with E-state index in [1.165, 1.54) is 24.3 Å². The molecule has 0 atom stereocenters. The molecule has 9 heteroatoms. The number of nitrogen functional groups attached to an aromatic ring is 1. The Morgan fingerprint density at radius 1 is 1.16 bits per heavy atom. The summed E-state index contributed by atoms with van der Waals surface area (Å²) in [5, 5.41) is 8.62. The summed E-state index contributed by atoms with van der Waals surface area (Å²) in [5.41, 5.74) is 7.02. The van der Waals surface area contributed by atoms with Crippen molar-refractivity contribution in [2.45, 2.75) is 10.1 Å². The zero-order chi connectivity index (χ0) is 13.2. The molecule has 3 heterocycles. The third-order valence-electron chi connectivity index (χ3n) is 2.29. The molecule has 3 aromatic rings. The number of nitrogens with two attached hydrogens (primary N) is 1. The molecule has 8 nitrogen and oxygen atoms in total. The fourth-order valence-electron chi connectivity index (χ4n) is 1.43. The number of hydrogen-bond donors (Lipinski definition) is 3. The van der Waals surface area contributed by atoms with Gasteiger partial charge in [-0.15, -0.1) is 0 Å². The van der Waals surface area contributed by atoms with Gasteiger partial charge in [-0.05, 0) is 11.8 Å². The van der Waals surface area contributed by atoms with Crippen LogP contribution in [0.4, 0.5) is 0 Å². The largest absolute Gasteiger partial charge is 0.382 e. The van der Waals surface area contributed by atoms with Crippen LogP contribution in [0.15, 0.2) is 35.1 Å². The maximum atomic E-state index is 7.25. The number of aromatic amines is 1. The van der Waals surface area contributed by atoms with Gasteiger partial charge < -0.3 is 10.7 Å². The summed E-state index contributed by atoms with van der Waals surface area (Å²) in [7, 11) is 0. The van der Waals surface area contributed by atoms with Crippen LogP contribution in [0.5, 0.6) is 0 Å². The number of hydrogen-bond acceptors (Lipinski definition) is 7. The zero-order valence-electron chi connectivity index (χ0n) is 9.53. The molecule has 4 N–H and O–H groups in total. The van der Waals surface area contributed by atoms with E-state index in [4.69, 9.17) is 11.1 Å². The quantitative estimate of drug-likeness (QED) is 0.361. The molecular formula is C10H8N8S. The topological polar surface area (TPSA) is 130 Å². The fraction of sp³-hybridized carbons (Fsp3) is 0. The van der Waals surface area contributed by atoms with Crippen LogP contribution in [0.2, 0.25) is 0 Å². The van der Waals surface area contributed by atoms with Crippen molar-refractivity contribution in [1.29, 1.82) is 5.41 Å². The molecule has 0 aromatic carbocycles. The highest BCUT2D eigenvalue weighted by atomic mass is 32.2. The summed E-state index contributed by atoms with van der Waals surface area (Å²) in [6.45, 7) is 0. The van der Waals surface area contributed by atoms with Crippen LogP contribution in [0, 0.1) is 5.41 Å². The Bertz CT molecular complexity index is 735. The molecule has 19 heavy (non-hydrogen) atoms. The molecule has 0 fully saturated rings. The fourth-order valence-corrected chi connectivity index (χ4v) is 2.19. The van der Waals surface area contributed by atoms with Crippen LogP contribution < -0.4 is 5.73 Å². The van der Waals surface area contributed by atoms with E-state index in [-0.39, 0.29) is 5.84 Å². The summed E-state index contributed by atoms with van der Waals surface area (Å²) >= 11 is 1.33. The van der Waals surface area contributed by atoms with E-state index >= 15 is 0 Å². The van der Waals surface area contributed by atoms with E-state index in [0.29, 0.717) is 21.4 Å². The van der Waals surface area contributed by atoms with Gasteiger partial charge in [0.1, 0.15) is 33.4 Å². The van der Waals surface area contributed by atoms with Crippen molar-refractivity contribution < 1.29 is 0 Å². The first-order valence-electron chi connectivity index (χ1n) is 5.22. The van der Waals surface area contributed by atoms with Crippen molar-refractivity contribution >= 4 is 28.8 Å². The summed E-state index contributed by atoms with van der Waals surface area (Å²) < 4.78 is 0. The Kier molecular flexibility index (Phi) is 2.80. The number of imidazole rings is 1. The van der Waals surface area contributed by atoms with Gasteiger partial charge in [-0.1, -0.05) is 0 Å². The van der Waals surface area contributed by atoms with Crippen LogP contribution in [-0.2, 0) is 0 Å². The van der Waals surface area contributed by atoms with Crippen molar-refractivity contribution in [3.63, 3.8) is 0 Å². The molecule has 0 bridgehead atoms. The minimum Gasteiger partial charge on any atom is -0.382 e. The van der Waals surface area contributed by atoms with Gasteiger partial charge >= 0.3 is 0 Å². The van der Waals surface area contributed by atoms with Gasteiger partial charge in [-0.3, -0.25) is 5.41 Å². The van der Waals surface area contributed by atoms with E-state index < -0.39 is 0 Å². The Morgan fingerprint density at radius 2 is 2.05 bits per heavy atom. The van der Waals surface area contributed by atoms with E-state index in [0.717, 1.165) is 5.52 Å². The molecular weight excluding hydrogens is 264 g/mol. The zero-order valence-corrected chi connectivity index (χ0v) is 10.3. The molecule has 94 valence electrons. The van der Waals surface area contributed by atoms with Gasteiger partial charge in [0.15, 0.2) is 5.65 Å². The van der Waals surface area contributed by atoms with Crippen molar-refractivity contribution in [3.8, 4) is 0 Å². The van der Waals surface area contributed by atoms with E-state index in [1.54, 1.807) is 12.5 Å². The van der Waals surface area contributed by atoms with Crippen molar-refractivity contribution in [3.05, 3.63) is 30.7 Å². The molecule has 0 aliphatic heterocycles. The molecule has 0 aliphatic carbocycles. The lowest BCUT2D eigenvalue weighted by atomic mass is 10.4. The summed E-state index contributed by atoms with van der Waals surface area (Å²) in [4.78, 5) is 23.5. The molecule has 0 saturated carbocycles. The predicted octanol–water partition coefficient (Wildman–Crippen LogP) is 0.578. The third kappa shape index (κ3) is 2.22. The highest BCUT2D eigenvalue weighted by molar-refractivity contribution is 7.99. The lowest BCUT2D eigenvalue weighted by molar-refractivity contribution is 1.02. The number of rotatable bonds is 3. The van der Waals surface area contributed by atoms with Crippen LogP contribution in [0.1, 0.15) is 5.69 Å². The lowest BCUT2D eigenvalue weighted by Crippen LogP contribution is -2.13. The minimum absolute atomic E-state index is 0.109. The number of nitrogens with zero attached hydrogens (tertiary/aromatic N) is 5. The van der Waals surface area contributed by atoms with Crippen LogP contribution in [0.25, 0.3) is 11.2 Å². The van der Waals surface area contributed by atoms with E-state index in [2.05, 4.69) is 29.9 Å². The number of fused-ring (bicyclic) bond motifs is 1. The number of aromatic nitrogens is 6. The average molecular weight is 272 g/mol. The monoisotopic (exact) mass is 272 g/mol. The second-order valence-corrected chi connectivity index (χ2v) is 4.54. The van der Waals surface area contributed by atoms with Crippen molar-refractivity contribution in [2.75, 3.05) is 0 Å². The Morgan fingerprint density at radius 3 is 2.79 bits per heavy atom. The number of nitrogens with one attached hydrogen (secondary N) is 2. The van der Waals surface area contributed by atoms with Gasteiger partial charge in [0, 0.05) is 0 Å². The maximum absolute atomic E-state index is 7.25. The second-order valence-electron chi connectivity index (χ2n) is 3.54. The molecule has 3 aromatic heterocycles. The normalized spacial score (nSPS) is 10.7. The van der Waals surface area contributed by atoms with Gasteiger partial charge in [0.25, 0.3) is 0 Å². The smallest absolute Gasteiger partial charge is 0.181 e. The van der Waals surface area contributed by atoms with Crippen molar-refractivity contribution in [2.24, 2.45) is 5.73 Å². The molecule has 3 rings (SSSR count). The lowest BCUT2D eigenvalue weighted by Gasteiger charge is -2.01. The van der Waals surface area contributed by atoms with Crippen LogP contribution in [-0.4, -0.2) is 35.7 Å². The highest BCUT2D eigenvalue weighted by Gasteiger charge is 2.09. The number of H-pyrrole nitrogens is 1. The Hall–Kier alpha value is -2.55. The van der Waals surface area contributed by atoms with Crippen LogP contribution in [0.3, 0.4) is 0 Å². The minimum atomic E-state index is -0.109. The SMILES string of the molecule is N=C(N)c1cnc(Sc2ncnc3nc[nH]c23)cn1. The summed E-state index contributed by atoms with van der Waals surface area (Å²) in [6.07, 6.45) is 6.01. The molecule has 0 amide bonds. The van der Waals surface area contributed by atoms with Gasteiger partial charge in [0.05, 0.1) is 18.7 Å². The van der Waals surface area contributed by atoms with Gasteiger partial charge in [-0.2, -0.15) is 0 Å². The first-order valence-corrected chi connectivity index (χ1v) is 6.04. The maximum Gasteiger partial charge on any atom is 0.181 e. The van der Waals surface area contributed by atoms with Gasteiger partial charge in [0.2, 0.25) is 0 Å². The summed E-state index contributed by atoms with van der Waals surface area (Å²) in [6, 6.07) is 0. The average Bonchev–Trinajstić information content (AvgIpc) is 2.89. The standard InChI is InChI=1S/C10H8N8S/c11-8(12)5-1-14-6(2-13-5)19-10-7-9(16-3-15-7)17-4-18-10/h1-4H,(H3,11,12)(H,15,16,17,18). The summed E-state index contributed by atoms with van der Waals surface area (Å²) in [5.74, 6) is -0.109. The van der Waals surface area contributed by atoms with E-state index in [9.17, 15) is 0 Å². The number of amidine groups is 1. The predicted molar refractivity (Wildman–Crippen MR) is 68.9 cm³/mol.